The lowest BCUT2D eigenvalue weighted by atomic mass is 10.0. The standard InChI is InChI=1S/C24H21F3N2O2/c1-30-21-10-9-16(15-28-13-11-17-6-4-5-12-29-17)19-14-22(31-23(19)21)18-7-2-3-8-20(18)24(25,26)27/h2-10,12,14,28H,11,13,15H2,1H3. The van der Waals surface area contributed by atoms with Gasteiger partial charge in [-0.3, -0.25) is 4.98 Å². The molecule has 4 aromatic rings. The molecule has 31 heavy (non-hydrogen) atoms. The van der Waals surface area contributed by atoms with Crippen LogP contribution in [0.4, 0.5) is 13.2 Å². The van der Waals surface area contributed by atoms with E-state index in [1.807, 2.05) is 24.3 Å². The van der Waals surface area contributed by atoms with Crippen molar-refractivity contribution in [3.05, 3.63) is 83.7 Å². The van der Waals surface area contributed by atoms with Crippen molar-refractivity contribution < 1.29 is 22.3 Å². The van der Waals surface area contributed by atoms with Gasteiger partial charge in [0.2, 0.25) is 0 Å². The van der Waals surface area contributed by atoms with Gasteiger partial charge in [0.25, 0.3) is 0 Å². The molecule has 7 heteroatoms. The van der Waals surface area contributed by atoms with Crippen molar-refractivity contribution in [2.75, 3.05) is 13.7 Å². The van der Waals surface area contributed by atoms with Crippen molar-refractivity contribution in [2.45, 2.75) is 19.1 Å². The quantitative estimate of drug-likeness (QED) is 0.376. The Morgan fingerprint density at radius 2 is 1.84 bits per heavy atom. The van der Waals surface area contributed by atoms with E-state index >= 15 is 0 Å². The first-order chi connectivity index (χ1) is 15.0. The highest BCUT2D eigenvalue weighted by Crippen LogP contribution is 2.41. The molecule has 0 saturated heterocycles. The van der Waals surface area contributed by atoms with Crippen LogP contribution in [0.5, 0.6) is 5.75 Å². The van der Waals surface area contributed by atoms with Crippen LogP contribution in [0, 0.1) is 0 Å². The number of benzene rings is 2. The Balaban J connectivity index is 1.63. The number of pyridine rings is 1. The minimum Gasteiger partial charge on any atom is -0.493 e. The fourth-order valence-electron chi connectivity index (χ4n) is 3.53. The molecule has 0 saturated carbocycles. The van der Waals surface area contributed by atoms with Crippen LogP contribution in [0.2, 0.25) is 0 Å². The Hall–Kier alpha value is -3.32. The lowest BCUT2D eigenvalue weighted by Gasteiger charge is -2.10. The number of methoxy groups -OCH3 is 1. The fourth-order valence-corrected chi connectivity index (χ4v) is 3.53. The summed E-state index contributed by atoms with van der Waals surface area (Å²) in [7, 11) is 1.51. The highest BCUT2D eigenvalue weighted by Gasteiger charge is 2.34. The SMILES string of the molecule is COc1ccc(CNCCc2ccccn2)c2cc(-c3ccccc3C(F)(F)F)oc12. The second kappa shape index (κ2) is 8.81. The van der Waals surface area contributed by atoms with Crippen molar-refractivity contribution in [3.63, 3.8) is 0 Å². The first kappa shape index (κ1) is 20.9. The molecule has 0 spiro atoms. The summed E-state index contributed by atoms with van der Waals surface area (Å²) in [6, 6.07) is 16.5. The van der Waals surface area contributed by atoms with Gasteiger partial charge in [-0.15, -0.1) is 0 Å². The van der Waals surface area contributed by atoms with E-state index in [0.29, 0.717) is 24.4 Å². The summed E-state index contributed by atoms with van der Waals surface area (Å²) in [4.78, 5) is 4.30. The van der Waals surface area contributed by atoms with E-state index in [4.69, 9.17) is 9.15 Å². The second-order valence-corrected chi connectivity index (χ2v) is 7.07. The fraction of sp³-hybridized carbons (Fsp3) is 0.208. The van der Waals surface area contributed by atoms with Crippen LogP contribution >= 0.6 is 0 Å². The Kier molecular flexibility index (Phi) is 5.95. The van der Waals surface area contributed by atoms with Crippen LogP contribution < -0.4 is 10.1 Å². The minimum atomic E-state index is -4.48. The van der Waals surface area contributed by atoms with Gasteiger partial charge in [-0.1, -0.05) is 30.3 Å². The Morgan fingerprint density at radius 3 is 2.58 bits per heavy atom. The molecule has 0 aliphatic heterocycles. The number of aromatic nitrogens is 1. The van der Waals surface area contributed by atoms with Gasteiger partial charge in [0.1, 0.15) is 5.76 Å². The maximum Gasteiger partial charge on any atom is 0.417 e. The smallest absolute Gasteiger partial charge is 0.417 e. The Bertz CT molecular complexity index is 1170. The van der Waals surface area contributed by atoms with Gasteiger partial charge in [0.15, 0.2) is 11.3 Å². The highest BCUT2D eigenvalue weighted by atomic mass is 19.4. The summed E-state index contributed by atoms with van der Waals surface area (Å²) in [5.74, 6) is 0.630. The van der Waals surface area contributed by atoms with E-state index in [1.165, 1.54) is 19.2 Å². The minimum absolute atomic E-state index is 0.00214. The molecular weight excluding hydrogens is 405 g/mol. The molecule has 0 aliphatic carbocycles. The zero-order chi connectivity index (χ0) is 21.8. The maximum absolute atomic E-state index is 13.5. The number of fused-ring (bicyclic) bond motifs is 1. The third kappa shape index (κ3) is 4.56. The van der Waals surface area contributed by atoms with Crippen molar-refractivity contribution in [2.24, 2.45) is 0 Å². The van der Waals surface area contributed by atoms with Gasteiger partial charge >= 0.3 is 6.18 Å². The second-order valence-electron chi connectivity index (χ2n) is 7.07. The number of halogens is 3. The molecule has 0 bridgehead atoms. The Morgan fingerprint density at radius 1 is 1.03 bits per heavy atom. The van der Waals surface area contributed by atoms with Crippen molar-refractivity contribution in [1.29, 1.82) is 0 Å². The highest BCUT2D eigenvalue weighted by molar-refractivity contribution is 5.90. The number of alkyl halides is 3. The topological polar surface area (TPSA) is 47.3 Å². The van der Waals surface area contributed by atoms with Crippen molar-refractivity contribution >= 4 is 11.0 Å². The van der Waals surface area contributed by atoms with Crippen LogP contribution in [0.15, 0.2) is 71.3 Å². The molecule has 0 radical (unpaired) electrons. The molecule has 4 rings (SSSR count). The summed E-state index contributed by atoms with van der Waals surface area (Å²) in [5.41, 5.74) is 1.60. The molecule has 0 unspecified atom stereocenters. The average Bonchev–Trinajstić information content (AvgIpc) is 3.22. The zero-order valence-electron chi connectivity index (χ0n) is 16.9. The number of nitrogens with one attached hydrogen (secondary N) is 1. The van der Waals surface area contributed by atoms with E-state index in [2.05, 4.69) is 10.3 Å². The van der Waals surface area contributed by atoms with Crippen molar-refractivity contribution in [1.82, 2.24) is 10.3 Å². The molecule has 0 fully saturated rings. The summed E-state index contributed by atoms with van der Waals surface area (Å²) < 4.78 is 51.7. The Labute approximate surface area is 177 Å². The summed E-state index contributed by atoms with van der Waals surface area (Å²) in [5, 5.41) is 4.08. The third-order valence-electron chi connectivity index (χ3n) is 5.06. The van der Waals surface area contributed by atoms with Crippen LogP contribution in [0.1, 0.15) is 16.8 Å². The van der Waals surface area contributed by atoms with Crippen LogP contribution in [0.3, 0.4) is 0 Å². The number of hydrogen-bond donors (Lipinski definition) is 1. The normalized spacial score (nSPS) is 11.7. The number of nitrogens with zero attached hydrogens (tertiary/aromatic N) is 1. The molecule has 1 N–H and O–H groups in total. The number of rotatable bonds is 7. The van der Waals surface area contributed by atoms with E-state index in [0.717, 1.165) is 29.1 Å². The lowest BCUT2D eigenvalue weighted by Crippen LogP contribution is -2.17. The molecule has 0 amide bonds. The van der Waals surface area contributed by atoms with E-state index < -0.39 is 11.7 Å². The molecular formula is C24H21F3N2O2. The van der Waals surface area contributed by atoms with Crippen molar-refractivity contribution in [3.8, 4) is 17.1 Å². The molecule has 0 atom stereocenters. The van der Waals surface area contributed by atoms with Crippen LogP contribution in [0.25, 0.3) is 22.3 Å². The van der Waals surface area contributed by atoms with Gasteiger partial charge in [-0.2, -0.15) is 13.2 Å². The van der Waals surface area contributed by atoms with Gasteiger partial charge < -0.3 is 14.5 Å². The van der Waals surface area contributed by atoms with E-state index in [1.54, 1.807) is 24.4 Å². The monoisotopic (exact) mass is 426 g/mol. The number of ether oxygens (including phenoxy) is 1. The van der Waals surface area contributed by atoms with Crippen LogP contribution in [-0.2, 0) is 19.1 Å². The van der Waals surface area contributed by atoms with E-state index in [9.17, 15) is 13.2 Å². The predicted octanol–water partition coefficient (Wildman–Crippen LogP) is 5.85. The molecule has 2 aromatic heterocycles. The molecule has 4 nitrogen and oxygen atoms in total. The molecule has 160 valence electrons. The molecule has 0 aliphatic rings. The zero-order valence-corrected chi connectivity index (χ0v) is 16.9. The largest absolute Gasteiger partial charge is 0.493 e. The summed E-state index contributed by atoms with van der Waals surface area (Å²) in [6.07, 6.45) is -1.95. The summed E-state index contributed by atoms with van der Waals surface area (Å²) >= 11 is 0. The van der Waals surface area contributed by atoms with E-state index in [-0.39, 0.29) is 11.3 Å². The van der Waals surface area contributed by atoms with Crippen LogP contribution in [-0.4, -0.2) is 18.6 Å². The number of hydrogen-bond acceptors (Lipinski definition) is 4. The number of furan rings is 1. The third-order valence-corrected chi connectivity index (χ3v) is 5.06. The average molecular weight is 426 g/mol. The summed E-state index contributed by atoms with van der Waals surface area (Å²) in [6.45, 7) is 1.25. The van der Waals surface area contributed by atoms with Gasteiger partial charge in [0, 0.05) is 42.4 Å². The molecule has 2 aromatic carbocycles. The first-order valence-corrected chi connectivity index (χ1v) is 9.84. The molecule has 2 heterocycles. The predicted molar refractivity (Wildman–Crippen MR) is 113 cm³/mol. The van der Waals surface area contributed by atoms with Gasteiger partial charge in [0.05, 0.1) is 12.7 Å². The maximum atomic E-state index is 13.5. The van der Waals surface area contributed by atoms with Gasteiger partial charge in [-0.05, 0) is 35.9 Å². The first-order valence-electron chi connectivity index (χ1n) is 9.84. The lowest BCUT2D eigenvalue weighted by molar-refractivity contribution is -0.137. The van der Waals surface area contributed by atoms with Gasteiger partial charge in [-0.25, -0.2) is 0 Å².